The highest BCUT2D eigenvalue weighted by molar-refractivity contribution is 6.20. The van der Waals surface area contributed by atoms with Gasteiger partial charge in [-0.05, 0) is 233 Å². The van der Waals surface area contributed by atoms with Gasteiger partial charge in [0.15, 0.2) is 0 Å². The van der Waals surface area contributed by atoms with Gasteiger partial charge in [-0.3, -0.25) is 0 Å². The zero-order valence-electron chi connectivity index (χ0n) is 66.0. The number of fused-ring (bicyclic) bond motifs is 20. The van der Waals surface area contributed by atoms with Gasteiger partial charge in [0, 0.05) is 76.7 Å². The number of rotatable bonds is 10. The molecule has 0 aliphatic heterocycles. The Kier molecular flexibility index (Phi) is 15.7. The molecule has 0 amide bonds. The lowest BCUT2D eigenvalue weighted by Crippen LogP contribution is -2.15. The Labute approximate surface area is 685 Å². The van der Waals surface area contributed by atoms with Crippen LogP contribution >= 0.6 is 0 Å². The van der Waals surface area contributed by atoms with Crippen LogP contribution in [0.4, 0.5) is 0 Å². The van der Waals surface area contributed by atoms with Crippen LogP contribution < -0.4 is 0 Å². The molecule has 118 heavy (non-hydrogen) atoms. The second kappa shape index (κ2) is 26.9. The molecule has 0 saturated heterocycles. The lowest BCUT2D eigenvalue weighted by molar-refractivity contribution is 0.661. The highest BCUT2D eigenvalue weighted by Crippen LogP contribution is 2.56. The summed E-state index contributed by atoms with van der Waals surface area (Å²) in [6.07, 6.45) is 0. The van der Waals surface area contributed by atoms with E-state index in [1.165, 1.54) is 204 Å². The maximum absolute atomic E-state index is 2.49. The molecule has 2 aliphatic rings. The van der Waals surface area contributed by atoms with Crippen molar-refractivity contribution in [3.8, 4) is 112 Å². The minimum atomic E-state index is -0.160. The SMILES string of the molecule is CC1(C)c2ccccc2-c2c1ccc1c2c2cc(-c3ccc4c(c3)c3ccccc3n4-c3ccc(-c4ccccc4)cc3)ccc2n1-c1cccc(-c2ccccc2)c1.CC1(C)c2ccccc2-c2ccc3c(c21)c1cc(-c2ccc4c(c2)c2ccccc2n4-c2ccc(-c4ccccc4)cc2)ccc1n3-c1cccc(-c2ccccc2)c1. The predicted octanol–water partition coefficient (Wildman–Crippen LogP) is 30.4. The average molecular weight is 1510 g/mol. The van der Waals surface area contributed by atoms with Crippen molar-refractivity contribution in [3.05, 3.63) is 435 Å². The van der Waals surface area contributed by atoms with E-state index in [1.54, 1.807) is 0 Å². The van der Waals surface area contributed by atoms with Gasteiger partial charge in [0.25, 0.3) is 0 Å². The Hall–Kier alpha value is -14.8. The van der Waals surface area contributed by atoms with Crippen LogP contribution in [0.3, 0.4) is 0 Å². The number of hydrogen-bond acceptors (Lipinski definition) is 0. The third kappa shape index (κ3) is 10.8. The van der Waals surface area contributed by atoms with Crippen molar-refractivity contribution in [1.82, 2.24) is 18.3 Å². The van der Waals surface area contributed by atoms with Crippen molar-refractivity contribution in [1.29, 1.82) is 0 Å². The Bertz CT molecular complexity index is 7800. The predicted molar refractivity (Wildman–Crippen MR) is 498 cm³/mol. The molecule has 4 heteroatoms. The third-order valence-electron chi connectivity index (χ3n) is 25.8. The summed E-state index contributed by atoms with van der Waals surface area (Å²) in [5, 5.41) is 10.2. The Morgan fingerprint density at radius 1 is 0.169 bits per heavy atom. The summed E-state index contributed by atoms with van der Waals surface area (Å²) in [6, 6.07) is 152. The minimum Gasteiger partial charge on any atom is -0.309 e. The summed E-state index contributed by atoms with van der Waals surface area (Å²) in [6.45, 7) is 9.56. The molecule has 0 bridgehead atoms. The maximum atomic E-state index is 2.49. The third-order valence-corrected chi connectivity index (χ3v) is 25.8. The van der Waals surface area contributed by atoms with Gasteiger partial charge < -0.3 is 18.3 Å². The van der Waals surface area contributed by atoms with E-state index < -0.39 is 0 Å². The van der Waals surface area contributed by atoms with Gasteiger partial charge in [0.2, 0.25) is 0 Å². The summed E-state index contributed by atoms with van der Waals surface area (Å²) in [5.74, 6) is 0. The van der Waals surface area contributed by atoms with E-state index in [4.69, 9.17) is 0 Å². The molecule has 0 saturated carbocycles. The summed E-state index contributed by atoms with van der Waals surface area (Å²) in [4.78, 5) is 0. The zero-order chi connectivity index (χ0) is 78.5. The van der Waals surface area contributed by atoms with Gasteiger partial charge in [-0.1, -0.05) is 319 Å². The van der Waals surface area contributed by atoms with Crippen LogP contribution in [0.2, 0.25) is 0 Å². The largest absolute Gasteiger partial charge is 0.309 e. The molecule has 2 aliphatic carbocycles. The summed E-state index contributed by atoms with van der Waals surface area (Å²) >= 11 is 0. The second-order valence-corrected chi connectivity index (χ2v) is 33.1. The van der Waals surface area contributed by atoms with Gasteiger partial charge in [-0.25, -0.2) is 0 Å². The molecule has 0 fully saturated rings. The lowest BCUT2D eigenvalue weighted by Gasteiger charge is -2.22. The quantitative estimate of drug-likeness (QED) is 0.130. The Morgan fingerprint density at radius 2 is 0.483 bits per heavy atom. The van der Waals surface area contributed by atoms with E-state index in [1.807, 2.05) is 0 Å². The van der Waals surface area contributed by atoms with E-state index in [2.05, 4.69) is 458 Å². The van der Waals surface area contributed by atoms with Gasteiger partial charge in [-0.15, -0.1) is 0 Å². The second-order valence-electron chi connectivity index (χ2n) is 33.1. The molecule has 556 valence electrons. The first-order chi connectivity index (χ1) is 58.1. The summed E-state index contributed by atoms with van der Waals surface area (Å²) in [7, 11) is 0. The number of hydrogen-bond donors (Lipinski definition) is 0. The van der Waals surface area contributed by atoms with Crippen LogP contribution in [0.25, 0.3) is 199 Å². The number of benzene rings is 18. The van der Waals surface area contributed by atoms with Crippen molar-refractivity contribution >= 4 is 87.2 Å². The van der Waals surface area contributed by atoms with E-state index >= 15 is 0 Å². The first-order valence-electron chi connectivity index (χ1n) is 41.2. The molecule has 22 aromatic rings. The van der Waals surface area contributed by atoms with Crippen molar-refractivity contribution < 1.29 is 0 Å². The highest BCUT2D eigenvalue weighted by Gasteiger charge is 2.40. The molecular formula is C114H80N4. The molecule has 18 aromatic carbocycles. The molecule has 24 rings (SSSR count). The van der Waals surface area contributed by atoms with Crippen LogP contribution in [-0.2, 0) is 10.8 Å². The average Bonchev–Trinajstić information content (AvgIpc) is 1.54. The number of nitrogens with zero attached hydrogens (tertiary/aromatic N) is 4. The minimum absolute atomic E-state index is 0.0967. The van der Waals surface area contributed by atoms with Crippen LogP contribution in [0.15, 0.2) is 413 Å². The lowest BCUT2D eigenvalue weighted by atomic mass is 9.80. The maximum Gasteiger partial charge on any atom is 0.0547 e. The highest BCUT2D eigenvalue weighted by atomic mass is 15.0. The zero-order valence-corrected chi connectivity index (χ0v) is 66.0. The van der Waals surface area contributed by atoms with Crippen molar-refractivity contribution in [2.75, 3.05) is 0 Å². The summed E-state index contributed by atoms with van der Waals surface area (Å²) in [5.41, 5.74) is 39.7. The monoisotopic (exact) mass is 1500 g/mol. The van der Waals surface area contributed by atoms with E-state index in [-0.39, 0.29) is 10.8 Å². The van der Waals surface area contributed by atoms with Crippen LogP contribution in [0.1, 0.15) is 49.9 Å². The Morgan fingerprint density at radius 3 is 0.958 bits per heavy atom. The van der Waals surface area contributed by atoms with Gasteiger partial charge in [0.05, 0.1) is 44.1 Å². The standard InChI is InChI=1S/2C57H40N2/c1-57(2)49-22-11-9-21-46(49)55-50(57)30-33-54-56(55)48-36-42(27-32-53(48)59(54)44-19-13-18-40(34-44)38-16-7-4-8-17-38)41-26-31-52-47(35-41)45-20-10-12-23-51(45)58(52)43-28-24-39(25-29-43)37-14-5-3-6-15-37;1-57(2)50-22-11-9-20-45(50)47-30-33-54-55(56(47)57)49-36-42(27-32-53(49)59(54)44-19-13-18-40(34-44)38-16-7-4-8-17-38)41-26-31-52-48(35-41)46-21-10-12-23-51(46)58(52)43-28-24-39(25-29-43)37-14-5-3-6-15-37/h2*3-36H,1-2H3. The van der Waals surface area contributed by atoms with Crippen molar-refractivity contribution in [3.63, 3.8) is 0 Å². The molecule has 0 radical (unpaired) electrons. The fraction of sp³-hybridized carbons (Fsp3) is 0.0526. The molecule has 4 aromatic heterocycles. The molecular weight excluding hydrogens is 1430 g/mol. The van der Waals surface area contributed by atoms with E-state index in [0.29, 0.717) is 0 Å². The van der Waals surface area contributed by atoms with Crippen molar-refractivity contribution in [2.45, 2.75) is 38.5 Å². The van der Waals surface area contributed by atoms with Crippen molar-refractivity contribution in [2.24, 2.45) is 0 Å². The summed E-state index contributed by atoms with van der Waals surface area (Å²) < 4.78 is 9.79. The van der Waals surface area contributed by atoms with Crippen LogP contribution in [0.5, 0.6) is 0 Å². The molecule has 4 nitrogen and oxygen atoms in total. The molecule has 4 heterocycles. The Balaban J connectivity index is 0.000000138. The van der Waals surface area contributed by atoms with Gasteiger partial charge >= 0.3 is 0 Å². The van der Waals surface area contributed by atoms with Gasteiger partial charge in [0.1, 0.15) is 0 Å². The first-order valence-corrected chi connectivity index (χ1v) is 41.2. The van der Waals surface area contributed by atoms with E-state index in [0.717, 1.165) is 17.1 Å². The van der Waals surface area contributed by atoms with Crippen LogP contribution in [-0.4, -0.2) is 18.3 Å². The molecule has 0 atom stereocenters. The number of para-hydroxylation sites is 2. The molecule has 0 spiro atoms. The number of aromatic nitrogens is 4. The van der Waals surface area contributed by atoms with E-state index in [9.17, 15) is 0 Å². The first kappa shape index (κ1) is 68.7. The topological polar surface area (TPSA) is 19.7 Å². The fourth-order valence-electron chi connectivity index (χ4n) is 20.2. The molecule has 0 N–H and O–H groups in total. The smallest absolute Gasteiger partial charge is 0.0547 e. The molecule has 0 unspecified atom stereocenters. The van der Waals surface area contributed by atoms with Crippen LogP contribution in [0, 0.1) is 0 Å². The normalized spacial score (nSPS) is 13.1. The van der Waals surface area contributed by atoms with Gasteiger partial charge in [-0.2, -0.15) is 0 Å². The fourth-order valence-corrected chi connectivity index (χ4v) is 20.2.